The first-order valence-corrected chi connectivity index (χ1v) is 5.57. The molecule has 3 N–H and O–H groups in total. The van der Waals surface area contributed by atoms with Crippen molar-refractivity contribution in [2.75, 3.05) is 6.54 Å². The summed E-state index contributed by atoms with van der Waals surface area (Å²) in [5.41, 5.74) is 6.69. The Balaban J connectivity index is 2.27. The number of rotatable bonds is 3. The number of para-hydroxylation sites is 1. The van der Waals surface area contributed by atoms with Gasteiger partial charge in [0.25, 0.3) is 5.91 Å². The maximum absolute atomic E-state index is 11.8. The van der Waals surface area contributed by atoms with Crippen molar-refractivity contribution in [3.05, 3.63) is 42.1 Å². The van der Waals surface area contributed by atoms with Gasteiger partial charge in [0.15, 0.2) is 0 Å². The van der Waals surface area contributed by atoms with Gasteiger partial charge in [-0.1, -0.05) is 24.3 Å². The summed E-state index contributed by atoms with van der Waals surface area (Å²) in [4.78, 5) is 16.1. The summed E-state index contributed by atoms with van der Waals surface area (Å²) >= 11 is 0. The topological polar surface area (TPSA) is 68.0 Å². The van der Waals surface area contributed by atoms with E-state index in [4.69, 9.17) is 5.73 Å². The van der Waals surface area contributed by atoms with Crippen LogP contribution < -0.4 is 11.1 Å². The Morgan fingerprint density at radius 1 is 1.35 bits per heavy atom. The molecule has 0 fully saturated rings. The average molecular weight is 229 g/mol. The lowest BCUT2D eigenvalue weighted by Crippen LogP contribution is -2.38. The van der Waals surface area contributed by atoms with Crippen molar-refractivity contribution in [2.45, 2.75) is 13.0 Å². The molecule has 1 unspecified atom stereocenters. The van der Waals surface area contributed by atoms with Crippen LogP contribution in [0.3, 0.4) is 0 Å². The number of aromatic nitrogens is 1. The molecule has 0 radical (unpaired) electrons. The maximum Gasteiger partial charge on any atom is 0.270 e. The molecule has 1 aromatic heterocycles. The smallest absolute Gasteiger partial charge is 0.270 e. The van der Waals surface area contributed by atoms with Crippen LogP contribution in [-0.4, -0.2) is 23.5 Å². The SMILES string of the molecule is CC(CN)NC(=O)c1ccc2ccccc2n1. The molecule has 2 aromatic rings. The number of carbonyl (C=O) groups excluding carboxylic acids is 1. The minimum Gasteiger partial charge on any atom is -0.347 e. The Kier molecular flexibility index (Phi) is 3.35. The number of hydrogen-bond acceptors (Lipinski definition) is 3. The van der Waals surface area contributed by atoms with Crippen LogP contribution in [0.15, 0.2) is 36.4 Å². The Morgan fingerprint density at radius 3 is 2.88 bits per heavy atom. The lowest BCUT2D eigenvalue weighted by molar-refractivity contribution is 0.0936. The molecule has 0 aliphatic carbocycles. The van der Waals surface area contributed by atoms with Gasteiger partial charge in [-0.05, 0) is 19.1 Å². The van der Waals surface area contributed by atoms with E-state index in [0.29, 0.717) is 12.2 Å². The highest BCUT2D eigenvalue weighted by Gasteiger charge is 2.10. The largest absolute Gasteiger partial charge is 0.347 e. The van der Waals surface area contributed by atoms with E-state index in [0.717, 1.165) is 10.9 Å². The molecular formula is C13H15N3O. The molecule has 1 aromatic carbocycles. The van der Waals surface area contributed by atoms with Gasteiger partial charge in [0.1, 0.15) is 5.69 Å². The Bertz CT molecular complexity index is 539. The molecule has 0 aliphatic rings. The zero-order chi connectivity index (χ0) is 12.3. The summed E-state index contributed by atoms with van der Waals surface area (Å²) in [5.74, 6) is -0.186. The zero-order valence-electron chi connectivity index (χ0n) is 9.68. The van der Waals surface area contributed by atoms with Crippen molar-refractivity contribution in [3.63, 3.8) is 0 Å². The Morgan fingerprint density at radius 2 is 2.12 bits per heavy atom. The fourth-order valence-corrected chi connectivity index (χ4v) is 1.55. The van der Waals surface area contributed by atoms with E-state index in [1.807, 2.05) is 37.3 Å². The molecule has 0 saturated heterocycles. The van der Waals surface area contributed by atoms with Crippen LogP contribution in [0.4, 0.5) is 0 Å². The van der Waals surface area contributed by atoms with Crippen LogP contribution in [0.25, 0.3) is 10.9 Å². The molecular weight excluding hydrogens is 214 g/mol. The highest BCUT2D eigenvalue weighted by molar-refractivity contribution is 5.95. The highest BCUT2D eigenvalue weighted by atomic mass is 16.1. The van der Waals surface area contributed by atoms with Gasteiger partial charge in [-0.2, -0.15) is 0 Å². The van der Waals surface area contributed by atoms with Gasteiger partial charge < -0.3 is 11.1 Å². The van der Waals surface area contributed by atoms with Crippen LogP contribution in [0.2, 0.25) is 0 Å². The van der Waals surface area contributed by atoms with Crippen molar-refractivity contribution in [1.29, 1.82) is 0 Å². The summed E-state index contributed by atoms with van der Waals surface area (Å²) in [5, 5.41) is 3.81. The van der Waals surface area contributed by atoms with Crippen LogP contribution in [0.5, 0.6) is 0 Å². The molecule has 1 amide bonds. The molecule has 1 atom stereocenters. The van der Waals surface area contributed by atoms with E-state index in [-0.39, 0.29) is 11.9 Å². The van der Waals surface area contributed by atoms with Crippen LogP contribution in [0.1, 0.15) is 17.4 Å². The van der Waals surface area contributed by atoms with Crippen LogP contribution in [0, 0.1) is 0 Å². The number of carbonyl (C=O) groups is 1. The van der Waals surface area contributed by atoms with Crippen LogP contribution in [-0.2, 0) is 0 Å². The normalized spacial score (nSPS) is 12.4. The van der Waals surface area contributed by atoms with Gasteiger partial charge >= 0.3 is 0 Å². The highest BCUT2D eigenvalue weighted by Crippen LogP contribution is 2.11. The number of nitrogens with one attached hydrogen (secondary N) is 1. The molecule has 88 valence electrons. The predicted molar refractivity (Wildman–Crippen MR) is 67.7 cm³/mol. The first kappa shape index (κ1) is 11.5. The number of amides is 1. The van der Waals surface area contributed by atoms with Gasteiger partial charge in [0, 0.05) is 18.0 Å². The van der Waals surface area contributed by atoms with E-state index in [1.54, 1.807) is 6.07 Å². The number of nitrogens with zero attached hydrogens (tertiary/aromatic N) is 1. The van der Waals surface area contributed by atoms with Crippen LogP contribution >= 0.6 is 0 Å². The Hall–Kier alpha value is -1.94. The third-order valence-corrected chi connectivity index (χ3v) is 2.56. The second kappa shape index (κ2) is 4.93. The molecule has 0 aliphatic heterocycles. The first-order chi connectivity index (χ1) is 8.20. The third kappa shape index (κ3) is 2.60. The number of fused-ring (bicyclic) bond motifs is 1. The van der Waals surface area contributed by atoms with E-state index >= 15 is 0 Å². The number of nitrogens with two attached hydrogens (primary N) is 1. The summed E-state index contributed by atoms with van der Waals surface area (Å²) < 4.78 is 0. The second-order valence-corrected chi connectivity index (χ2v) is 4.00. The van der Waals surface area contributed by atoms with Gasteiger partial charge in [-0.3, -0.25) is 4.79 Å². The van der Waals surface area contributed by atoms with Crippen molar-refractivity contribution < 1.29 is 4.79 Å². The lowest BCUT2D eigenvalue weighted by atomic mass is 10.2. The zero-order valence-corrected chi connectivity index (χ0v) is 9.68. The van der Waals surface area contributed by atoms with Crippen molar-refractivity contribution in [3.8, 4) is 0 Å². The van der Waals surface area contributed by atoms with E-state index < -0.39 is 0 Å². The summed E-state index contributed by atoms with van der Waals surface area (Å²) in [6, 6.07) is 11.3. The first-order valence-electron chi connectivity index (χ1n) is 5.57. The quantitative estimate of drug-likeness (QED) is 0.833. The van der Waals surface area contributed by atoms with Gasteiger partial charge in [0.05, 0.1) is 5.52 Å². The number of pyridine rings is 1. The fourth-order valence-electron chi connectivity index (χ4n) is 1.55. The fraction of sp³-hybridized carbons (Fsp3) is 0.231. The molecule has 0 bridgehead atoms. The van der Waals surface area contributed by atoms with E-state index in [9.17, 15) is 4.79 Å². The lowest BCUT2D eigenvalue weighted by Gasteiger charge is -2.10. The predicted octanol–water partition coefficient (Wildman–Crippen LogP) is 1.31. The van der Waals surface area contributed by atoms with E-state index in [1.165, 1.54) is 0 Å². The summed E-state index contributed by atoms with van der Waals surface area (Å²) in [6.07, 6.45) is 0. The Labute approximate surface area is 99.8 Å². The second-order valence-electron chi connectivity index (χ2n) is 4.00. The minimum absolute atomic E-state index is 0.0456. The molecule has 4 heteroatoms. The molecule has 0 spiro atoms. The maximum atomic E-state index is 11.8. The van der Waals surface area contributed by atoms with Gasteiger partial charge in [-0.25, -0.2) is 4.98 Å². The van der Waals surface area contributed by atoms with Crippen molar-refractivity contribution >= 4 is 16.8 Å². The summed E-state index contributed by atoms with van der Waals surface area (Å²) in [7, 11) is 0. The van der Waals surface area contributed by atoms with E-state index in [2.05, 4.69) is 10.3 Å². The van der Waals surface area contributed by atoms with Gasteiger partial charge in [0.2, 0.25) is 0 Å². The molecule has 2 rings (SSSR count). The van der Waals surface area contributed by atoms with Gasteiger partial charge in [-0.15, -0.1) is 0 Å². The summed E-state index contributed by atoms with van der Waals surface area (Å²) in [6.45, 7) is 2.28. The van der Waals surface area contributed by atoms with Crippen molar-refractivity contribution in [1.82, 2.24) is 10.3 Å². The molecule has 4 nitrogen and oxygen atoms in total. The number of benzene rings is 1. The minimum atomic E-state index is -0.186. The third-order valence-electron chi connectivity index (χ3n) is 2.56. The molecule has 17 heavy (non-hydrogen) atoms. The average Bonchev–Trinajstić information content (AvgIpc) is 2.38. The molecule has 0 saturated carbocycles. The number of hydrogen-bond donors (Lipinski definition) is 2. The monoisotopic (exact) mass is 229 g/mol. The standard InChI is InChI=1S/C13H15N3O/c1-9(8-14)15-13(17)12-7-6-10-4-2-3-5-11(10)16-12/h2-7,9H,8,14H2,1H3,(H,15,17). The van der Waals surface area contributed by atoms with Crippen molar-refractivity contribution in [2.24, 2.45) is 5.73 Å². The molecule has 1 heterocycles.